The summed E-state index contributed by atoms with van der Waals surface area (Å²) in [7, 11) is -3.44. The molecule has 78 valence electrons. The number of sulfone groups is 1. The van der Waals surface area contributed by atoms with Crippen molar-refractivity contribution in [1.82, 2.24) is 0 Å². The van der Waals surface area contributed by atoms with E-state index < -0.39 is 14.5 Å². The van der Waals surface area contributed by atoms with Gasteiger partial charge in [0, 0.05) is 5.69 Å². The molecule has 0 heterocycles. The number of halogens is 1. The van der Waals surface area contributed by atoms with E-state index >= 15 is 0 Å². The lowest BCUT2D eigenvalue weighted by molar-refractivity contribution is 0.594. The topological polar surface area (TPSA) is 72.2 Å². The van der Waals surface area contributed by atoms with E-state index in [2.05, 4.69) is 5.43 Å². The van der Waals surface area contributed by atoms with E-state index in [-0.39, 0.29) is 4.90 Å². The third kappa shape index (κ3) is 2.17. The SMILES string of the molecule is CC(Cl)S(=O)(=O)c1cccc(NN)c1. The van der Waals surface area contributed by atoms with Crippen LogP contribution in [0.3, 0.4) is 0 Å². The van der Waals surface area contributed by atoms with Crippen LogP contribution in [0, 0.1) is 0 Å². The van der Waals surface area contributed by atoms with Crippen LogP contribution in [0.2, 0.25) is 0 Å². The van der Waals surface area contributed by atoms with Crippen molar-refractivity contribution in [2.24, 2.45) is 5.84 Å². The molecule has 0 aromatic heterocycles. The number of hydrazine groups is 1. The molecule has 1 aromatic carbocycles. The summed E-state index contributed by atoms with van der Waals surface area (Å²) in [5.74, 6) is 5.16. The van der Waals surface area contributed by atoms with Crippen LogP contribution in [0.25, 0.3) is 0 Å². The van der Waals surface area contributed by atoms with Gasteiger partial charge in [-0.25, -0.2) is 8.42 Å². The number of nitrogen functional groups attached to an aromatic ring is 1. The molecule has 0 radical (unpaired) electrons. The van der Waals surface area contributed by atoms with Gasteiger partial charge in [0.15, 0.2) is 9.84 Å². The van der Waals surface area contributed by atoms with Crippen molar-refractivity contribution >= 4 is 27.1 Å². The molecule has 0 spiro atoms. The number of hydrogen-bond acceptors (Lipinski definition) is 4. The maximum absolute atomic E-state index is 11.6. The highest BCUT2D eigenvalue weighted by molar-refractivity contribution is 7.93. The van der Waals surface area contributed by atoms with E-state index in [1.54, 1.807) is 12.1 Å². The van der Waals surface area contributed by atoms with Crippen LogP contribution in [0.15, 0.2) is 29.2 Å². The lowest BCUT2D eigenvalue weighted by Gasteiger charge is -2.07. The van der Waals surface area contributed by atoms with E-state index in [1.807, 2.05) is 0 Å². The summed E-state index contributed by atoms with van der Waals surface area (Å²) in [4.78, 5) is 0.162. The Morgan fingerprint density at radius 2 is 2.14 bits per heavy atom. The molecule has 3 N–H and O–H groups in total. The average Bonchev–Trinajstić information content (AvgIpc) is 2.17. The van der Waals surface area contributed by atoms with Gasteiger partial charge < -0.3 is 5.43 Å². The lowest BCUT2D eigenvalue weighted by Crippen LogP contribution is -2.13. The van der Waals surface area contributed by atoms with Crippen molar-refractivity contribution in [3.05, 3.63) is 24.3 Å². The lowest BCUT2D eigenvalue weighted by atomic mass is 10.3. The molecule has 0 fully saturated rings. The molecule has 0 aliphatic rings. The Bertz CT molecular complexity index is 417. The molecular formula is C8H11ClN2O2S. The molecule has 4 nitrogen and oxygen atoms in total. The van der Waals surface area contributed by atoms with Gasteiger partial charge in [-0.2, -0.15) is 0 Å². The maximum Gasteiger partial charge on any atom is 0.194 e. The van der Waals surface area contributed by atoms with Crippen LogP contribution in [-0.2, 0) is 9.84 Å². The Hall–Kier alpha value is -0.780. The Balaban J connectivity index is 3.20. The molecular weight excluding hydrogens is 224 g/mol. The van der Waals surface area contributed by atoms with Gasteiger partial charge in [0.1, 0.15) is 4.71 Å². The van der Waals surface area contributed by atoms with Crippen LogP contribution in [-0.4, -0.2) is 13.1 Å². The number of benzene rings is 1. The molecule has 0 aliphatic heterocycles. The smallest absolute Gasteiger partial charge is 0.194 e. The largest absolute Gasteiger partial charge is 0.324 e. The minimum atomic E-state index is -3.44. The van der Waals surface area contributed by atoms with Crippen molar-refractivity contribution in [2.75, 3.05) is 5.43 Å². The quantitative estimate of drug-likeness (QED) is 0.470. The second-order valence-electron chi connectivity index (χ2n) is 2.76. The van der Waals surface area contributed by atoms with E-state index in [4.69, 9.17) is 17.4 Å². The molecule has 1 atom stereocenters. The predicted octanol–water partition coefficient (Wildman–Crippen LogP) is 1.33. The highest BCUT2D eigenvalue weighted by atomic mass is 35.5. The Kier molecular flexibility index (Phi) is 3.36. The third-order valence-electron chi connectivity index (χ3n) is 1.76. The minimum absolute atomic E-state index is 0.162. The monoisotopic (exact) mass is 234 g/mol. The van der Waals surface area contributed by atoms with E-state index in [1.165, 1.54) is 19.1 Å². The molecule has 1 unspecified atom stereocenters. The van der Waals surface area contributed by atoms with Crippen molar-refractivity contribution in [1.29, 1.82) is 0 Å². The molecule has 0 saturated carbocycles. The number of nitrogens with two attached hydrogens (primary N) is 1. The number of anilines is 1. The third-order valence-corrected chi connectivity index (χ3v) is 4.23. The molecule has 0 amide bonds. The standard InChI is InChI=1S/C8H11ClN2O2S/c1-6(9)14(12,13)8-4-2-3-7(5-8)11-10/h2-6,11H,10H2,1H3. The van der Waals surface area contributed by atoms with Gasteiger partial charge in [0.2, 0.25) is 0 Å². The second-order valence-corrected chi connectivity index (χ2v) is 5.94. The highest BCUT2D eigenvalue weighted by Crippen LogP contribution is 2.20. The van der Waals surface area contributed by atoms with E-state index in [0.717, 1.165) is 0 Å². The van der Waals surface area contributed by atoms with Crippen molar-refractivity contribution in [3.8, 4) is 0 Å². The van der Waals surface area contributed by atoms with Gasteiger partial charge in [-0.3, -0.25) is 5.84 Å². The van der Waals surface area contributed by atoms with E-state index in [0.29, 0.717) is 5.69 Å². The first kappa shape index (κ1) is 11.3. The molecule has 0 bridgehead atoms. The van der Waals surface area contributed by atoms with Crippen molar-refractivity contribution in [3.63, 3.8) is 0 Å². The zero-order valence-corrected chi connectivity index (χ0v) is 9.14. The fraction of sp³-hybridized carbons (Fsp3) is 0.250. The first-order valence-electron chi connectivity index (χ1n) is 3.93. The summed E-state index contributed by atoms with van der Waals surface area (Å²) < 4.78 is 22.3. The fourth-order valence-electron chi connectivity index (χ4n) is 0.950. The Morgan fingerprint density at radius 3 is 2.64 bits per heavy atom. The molecule has 0 saturated heterocycles. The number of alkyl halides is 1. The van der Waals surface area contributed by atoms with Gasteiger partial charge >= 0.3 is 0 Å². The van der Waals surface area contributed by atoms with Gasteiger partial charge in [-0.05, 0) is 25.1 Å². The van der Waals surface area contributed by atoms with Crippen LogP contribution in [0.4, 0.5) is 5.69 Å². The van der Waals surface area contributed by atoms with Crippen LogP contribution >= 0.6 is 11.6 Å². The number of rotatable bonds is 3. The molecule has 1 aromatic rings. The minimum Gasteiger partial charge on any atom is -0.324 e. The van der Waals surface area contributed by atoms with Gasteiger partial charge in [0.05, 0.1) is 4.90 Å². The zero-order valence-electron chi connectivity index (χ0n) is 7.57. The Labute approximate surface area is 87.9 Å². The van der Waals surface area contributed by atoms with Gasteiger partial charge in [-0.1, -0.05) is 6.07 Å². The van der Waals surface area contributed by atoms with Crippen LogP contribution in [0.5, 0.6) is 0 Å². The number of hydrogen-bond donors (Lipinski definition) is 2. The summed E-state index contributed by atoms with van der Waals surface area (Å²) >= 11 is 5.56. The normalized spacial score (nSPS) is 13.6. The zero-order chi connectivity index (χ0) is 10.8. The summed E-state index contributed by atoms with van der Waals surface area (Å²) in [6, 6.07) is 6.18. The Morgan fingerprint density at radius 1 is 1.50 bits per heavy atom. The molecule has 6 heteroatoms. The number of nitrogens with one attached hydrogen (secondary N) is 1. The van der Waals surface area contributed by atoms with Crippen molar-refractivity contribution in [2.45, 2.75) is 16.5 Å². The molecule has 1 rings (SSSR count). The second kappa shape index (κ2) is 4.16. The van der Waals surface area contributed by atoms with Gasteiger partial charge in [0.25, 0.3) is 0 Å². The summed E-state index contributed by atoms with van der Waals surface area (Å²) in [5, 5.41) is 0. The maximum atomic E-state index is 11.6. The van der Waals surface area contributed by atoms with Crippen molar-refractivity contribution < 1.29 is 8.42 Å². The summed E-state index contributed by atoms with van der Waals surface area (Å²) in [6.07, 6.45) is 0. The first-order valence-corrected chi connectivity index (χ1v) is 5.91. The van der Waals surface area contributed by atoms with Crippen LogP contribution < -0.4 is 11.3 Å². The predicted molar refractivity (Wildman–Crippen MR) is 56.8 cm³/mol. The summed E-state index contributed by atoms with van der Waals surface area (Å²) in [5.41, 5.74) is 2.90. The fourth-order valence-corrected chi connectivity index (χ4v) is 2.19. The molecule has 0 aliphatic carbocycles. The average molecular weight is 235 g/mol. The van der Waals surface area contributed by atoms with Gasteiger partial charge in [-0.15, -0.1) is 11.6 Å². The van der Waals surface area contributed by atoms with E-state index in [9.17, 15) is 8.42 Å². The summed E-state index contributed by atoms with van der Waals surface area (Å²) in [6.45, 7) is 1.42. The first-order chi connectivity index (χ1) is 6.48. The molecule has 14 heavy (non-hydrogen) atoms. The van der Waals surface area contributed by atoms with Crippen LogP contribution in [0.1, 0.15) is 6.92 Å². The highest BCUT2D eigenvalue weighted by Gasteiger charge is 2.20.